The van der Waals surface area contributed by atoms with Crippen molar-refractivity contribution in [1.29, 1.82) is 0 Å². The van der Waals surface area contributed by atoms with Crippen molar-refractivity contribution in [2.45, 2.75) is 6.54 Å². The van der Waals surface area contributed by atoms with Crippen molar-refractivity contribution in [2.24, 2.45) is 0 Å². The van der Waals surface area contributed by atoms with Gasteiger partial charge in [-0.05, 0) is 23.8 Å². The Kier molecular flexibility index (Phi) is 3.31. The minimum absolute atomic E-state index is 0.0197. The van der Waals surface area contributed by atoms with Gasteiger partial charge in [-0.25, -0.2) is 0 Å². The summed E-state index contributed by atoms with van der Waals surface area (Å²) in [5.74, 6) is 0.771. The second-order valence-electron chi connectivity index (χ2n) is 5.52. The molecule has 2 heterocycles. The number of rotatable bonds is 3. The number of pyridine rings is 1. The number of benzene rings is 2. The summed E-state index contributed by atoms with van der Waals surface area (Å²) >= 11 is 0. The van der Waals surface area contributed by atoms with Crippen LogP contribution in [0.25, 0.3) is 22.3 Å². The van der Waals surface area contributed by atoms with Crippen LogP contribution in [0.1, 0.15) is 5.56 Å². The van der Waals surface area contributed by atoms with Crippen molar-refractivity contribution < 1.29 is 4.42 Å². The number of aromatic nitrogens is 1. The Bertz CT molecular complexity index is 979. The van der Waals surface area contributed by atoms with Crippen LogP contribution in [0.3, 0.4) is 0 Å². The van der Waals surface area contributed by atoms with E-state index >= 15 is 0 Å². The van der Waals surface area contributed by atoms with Gasteiger partial charge in [0.25, 0.3) is 5.56 Å². The van der Waals surface area contributed by atoms with Crippen molar-refractivity contribution in [1.82, 2.24) is 4.57 Å². The van der Waals surface area contributed by atoms with E-state index in [0.29, 0.717) is 6.54 Å². The summed E-state index contributed by atoms with van der Waals surface area (Å²) in [6.07, 6.45) is 1.85. The summed E-state index contributed by atoms with van der Waals surface area (Å²) in [5.41, 5.74) is 2.82. The van der Waals surface area contributed by atoms with Crippen LogP contribution in [0.4, 0.5) is 0 Å². The third-order valence-corrected chi connectivity index (χ3v) is 3.89. The maximum atomic E-state index is 12.1. The van der Waals surface area contributed by atoms with Crippen LogP contribution in [-0.4, -0.2) is 4.57 Å². The third kappa shape index (κ3) is 2.69. The zero-order valence-electron chi connectivity index (χ0n) is 12.5. The smallest absolute Gasteiger partial charge is 0.250 e. The monoisotopic (exact) mass is 301 g/mol. The first-order valence-corrected chi connectivity index (χ1v) is 7.53. The van der Waals surface area contributed by atoms with Gasteiger partial charge in [0.2, 0.25) is 0 Å². The van der Waals surface area contributed by atoms with Gasteiger partial charge in [0.15, 0.2) is 0 Å². The van der Waals surface area contributed by atoms with E-state index in [0.717, 1.165) is 27.9 Å². The maximum absolute atomic E-state index is 12.1. The molecule has 2 aromatic heterocycles. The van der Waals surface area contributed by atoms with E-state index < -0.39 is 0 Å². The van der Waals surface area contributed by atoms with Crippen LogP contribution in [0.5, 0.6) is 0 Å². The number of fused-ring (bicyclic) bond motifs is 1. The van der Waals surface area contributed by atoms with Crippen LogP contribution >= 0.6 is 0 Å². The average molecular weight is 301 g/mol. The molecule has 23 heavy (non-hydrogen) atoms. The summed E-state index contributed by atoms with van der Waals surface area (Å²) in [5, 5.41) is 1.06. The normalized spacial score (nSPS) is 11.0. The topological polar surface area (TPSA) is 35.1 Å². The Morgan fingerprint density at radius 2 is 1.65 bits per heavy atom. The second kappa shape index (κ2) is 5.61. The molecule has 0 radical (unpaired) electrons. The van der Waals surface area contributed by atoms with Gasteiger partial charge in [-0.3, -0.25) is 4.79 Å². The molecule has 3 nitrogen and oxygen atoms in total. The molecule has 0 spiro atoms. The fourth-order valence-corrected chi connectivity index (χ4v) is 2.70. The first-order valence-electron chi connectivity index (χ1n) is 7.53. The molecule has 0 bridgehead atoms. The van der Waals surface area contributed by atoms with E-state index in [1.165, 1.54) is 0 Å². The molecule has 4 aromatic rings. The summed E-state index contributed by atoms with van der Waals surface area (Å²) in [6, 6.07) is 23.2. The van der Waals surface area contributed by atoms with E-state index in [2.05, 4.69) is 0 Å². The highest BCUT2D eigenvalue weighted by Crippen LogP contribution is 2.27. The fraction of sp³-hybridized carbons (Fsp3) is 0.0500. The molecule has 0 aliphatic carbocycles. The Hall–Kier alpha value is -3.07. The number of para-hydroxylation sites is 1. The van der Waals surface area contributed by atoms with Gasteiger partial charge in [-0.15, -0.1) is 0 Å². The maximum Gasteiger partial charge on any atom is 0.250 e. The second-order valence-corrected chi connectivity index (χ2v) is 5.52. The molecule has 0 aliphatic heterocycles. The Labute approximate surface area is 133 Å². The van der Waals surface area contributed by atoms with E-state index in [1.807, 2.05) is 72.9 Å². The lowest BCUT2D eigenvalue weighted by molar-refractivity contribution is 0.629. The quantitative estimate of drug-likeness (QED) is 0.565. The van der Waals surface area contributed by atoms with E-state index in [4.69, 9.17) is 4.42 Å². The highest BCUT2D eigenvalue weighted by atomic mass is 16.3. The molecular weight excluding hydrogens is 286 g/mol. The Balaban J connectivity index is 1.75. The molecule has 0 saturated heterocycles. The highest BCUT2D eigenvalue weighted by molar-refractivity contribution is 5.82. The zero-order valence-corrected chi connectivity index (χ0v) is 12.5. The zero-order chi connectivity index (χ0) is 15.6. The van der Waals surface area contributed by atoms with Gasteiger partial charge in [0, 0.05) is 23.2 Å². The number of nitrogens with zero attached hydrogens (tertiary/aromatic N) is 1. The van der Waals surface area contributed by atoms with Crippen LogP contribution in [-0.2, 0) is 6.54 Å². The molecule has 0 atom stereocenters. The first-order chi connectivity index (χ1) is 11.3. The van der Waals surface area contributed by atoms with Gasteiger partial charge < -0.3 is 8.98 Å². The minimum atomic E-state index is -0.0197. The number of furan rings is 1. The molecule has 0 saturated carbocycles. The van der Waals surface area contributed by atoms with Gasteiger partial charge in [-0.1, -0.05) is 48.5 Å². The molecule has 0 fully saturated rings. The average Bonchev–Trinajstić information content (AvgIpc) is 3.02. The van der Waals surface area contributed by atoms with Crippen molar-refractivity contribution in [3.63, 3.8) is 0 Å². The molecule has 3 heteroatoms. The molecule has 112 valence electrons. The molecule has 0 N–H and O–H groups in total. The van der Waals surface area contributed by atoms with Crippen LogP contribution in [0.15, 0.2) is 88.2 Å². The lowest BCUT2D eigenvalue weighted by Crippen LogP contribution is -2.18. The van der Waals surface area contributed by atoms with Gasteiger partial charge in [0.1, 0.15) is 11.3 Å². The van der Waals surface area contributed by atoms with E-state index in [-0.39, 0.29) is 5.56 Å². The summed E-state index contributed by atoms with van der Waals surface area (Å²) in [6.45, 7) is 0.549. The number of hydrogen-bond acceptors (Lipinski definition) is 2. The SMILES string of the molecule is O=c1ccc(-c2cc3ccccc3o2)cn1Cc1ccccc1. The lowest BCUT2D eigenvalue weighted by atomic mass is 10.2. The van der Waals surface area contributed by atoms with Crippen LogP contribution in [0.2, 0.25) is 0 Å². The molecule has 0 unspecified atom stereocenters. The van der Waals surface area contributed by atoms with Crippen LogP contribution in [0, 0.1) is 0 Å². The standard InChI is InChI=1S/C20H15NO2/c22-20-11-10-17(14-21(20)13-15-6-2-1-3-7-15)19-12-16-8-4-5-9-18(16)23-19/h1-12,14H,13H2. The molecule has 0 aliphatic rings. The molecular formula is C20H15NO2. The predicted molar refractivity (Wildman–Crippen MR) is 91.5 cm³/mol. The van der Waals surface area contributed by atoms with E-state index in [9.17, 15) is 4.79 Å². The molecule has 0 amide bonds. The summed E-state index contributed by atoms with van der Waals surface area (Å²) in [4.78, 5) is 12.1. The summed E-state index contributed by atoms with van der Waals surface area (Å²) in [7, 11) is 0. The fourth-order valence-electron chi connectivity index (χ4n) is 2.70. The summed E-state index contributed by atoms with van der Waals surface area (Å²) < 4.78 is 7.59. The highest BCUT2D eigenvalue weighted by Gasteiger charge is 2.08. The third-order valence-electron chi connectivity index (χ3n) is 3.89. The first kappa shape index (κ1) is 13.6. The lowest BCUT2D eigenvalue weighted by Gasteiger charge is -2.07. The number of hydrogen-bond donors (Lipinski definition) is 0. The molecule has 4 rings (SSSR count). The van der Waals surface area contributed by atoms with Crippen molar-refractivity contribution in [3.8, 4) is 11.3 Å². The largest absolute Gasteiger partial charge is 0.456 e. The van der Waals surface area contributed by atoms with Crippen molar-refractivity contribution >= 4 is 11.0 Å². The Morgan fingerprint density at radius 1 is 0.870 bits per heavy atom. The van der Waals surface area contributed by atoms with Gasteiger partial charge in [-0.2, -0.15) is 0 Å². The molecule has 2 aromatic carbocycles. The van der Waals surface area contributed by atoms with Crippen molar-refractivity contribution in [3.05, 3.63) is 94.9 Å². The minimum Gasteiger partial charge on any atom is -0.456 e. The van der Waals surface area contributed by atoms with Crippen LogP contribution < -0.4 is 5.56 Å². The Morgan fingerprint density at radius 3 is 2.48 bits per heavy atom. The van der Waals surface area contributed by atoms with Gasteiger partial charge in [0.05, 0.1) is 6.54 Å². The van der Waals surface area contributed by atoms with E-state index in [1.54, 1.807) is 10.6 Å². The van der Waals surface area contributed by atoms with Gasteiger partial charge >= 0.3 is 0 Å². The van der Waals surface area contributed by atoms with Crippen molar-refractivity contribution in [2.75, 3.05) is 0 Å². The predicted octanol–water partition coefficient (Wildman–Crippen LogP) is 4.31.